The first-order valence-electron chi connectivity index (χ1n) is 11.2. The number of carbonyl (C=O) groups excluding carboxylic acids is 1. The zero-order valence-corrected chi connectivity index (χ0v) is 18.1. The van der Waals surface area contributed by atoms with Crippen LogP contribution < -0.4 is 5.56 Å². The predicted molar refractivity (Wildman–Crippen MR) is 120 cm³/mol. The van der Waals surface area contributed by atoms with Crippen molar-refractivity contribution in [1.82, 2.24) is 24.1 Å². The van der Waals surface area contributed by atoms with Gasteiger partial charge in [0, 0.05) is 62.9 Å². The molecule has 7 nitrogen and oxygen atoms in total. The Bertz CT molecular complexity index is 1170. The lowest BCUT2D eigenvalue weighted by molar-refractivity contribution is -0.132. The molecule has 0 unspecified atom stereocenters. The van der Waals surface area contributed by atoms with Gasteiger partial charge in [-0.05, 0) is 36.5 Å². The van der Waals surface area contributed by atoms with E-state index in [1.807, 2.05) is 24.1 Å². The van der Waals surface area contributed by atoms with Gasteiger partial charge in [0.2, 0.25) is 5.91 Å². The van der Waals surface area contributed by atoms with Crippen molar-refractivity contribution in [2.75, 3.05) is 32.7 Å². The van der Waals surface area contributed by atoms with Gasteiger partial charge in [-0.15, -0.1) is 0 Å². The summed E-state index contributed by atoms with van der Waals surface area (Å²) in [7, 11) is 2.02. The summed E-state index contributed by atoms with van der Waals surface area (Å²) >= 11 is 0. The zero-order valence-electron chi connectivity index (χ0n) is 18.1. The van der Waals surface area contributed by atoms with E-state index in [2.05, 4.69) is 32.9 Å². The summed E-state index contributed by atoms with van der Waals surface area (Å²) in [5.74, 6) is 0.188. The lowest BCUT2D eigenvalue weighted by atomic mass is 10.1. The average Bonchev–Trinajstić information content (AvgIpc) is 3.36. The number of piperazine rings is 1. The van der Waals surface area contributed by atoms with E-state index >= 15 is 0 Å². The van der Waals surface area contributed by atoms with Crippen molar-refractivity contribution in [2.24, 2.45) is 7.05 Å². The molecule has 5 rings (SSSR count). The third-order valence-corrected chi connectivity index (χ3v) is 6.70. The molecule has 0 radical (unpaired) electrons. The van der Waals surface area contributed by atoms with Crippen LogP contribution in [0.2, 0.25) is 0 Å². The minimum absolute atomic E-state index is 0.00421. The van der Waals surface area contributed by atoms with Crippen LogP contribution in [0.15, 0.2) is 41.3 Å². The molecule has 0 spiro atoms. The third-order valence-electron chi connectivity index (χ3n) is 6.70. The maximum atomic E-state index is 12.9. The second-order valence-corrected chi connectivity index (χ2v) is 8.71. The normalized spacial score (nSPS) is 16.7. The molecule has 0 N–H and O–H groups in total. The Balaban J connectivity index is 1.15. The Kier molecular flexibility index (Phi) is 5.36. The fraction of sp³-hybridized carbons (Fsp3) is 0.458. The number of aryl methyl sites for hydroxylation is 3. The Morgan fingerprint density at radius 1 is 1.06 bits per heavy atom. The van der Waals surface area contributed by atoms with Gasteiger partial charge in [-0.3, -0.25) is 14.5 Å². The molecule has 1 aliphatic carbocycles. The monoisotopic (exact) mass is 419 g/mol. The van der Waals surface area contributed by atoms with Gasteiger partial charge in [0.15, 0.2) is 0 Å². The van der Waals surface area contributed by atoms with Crippen molar-refractivity contribution in [3.63, 3.8) is 0 Å². The Labute approximate surface area is 181 Å². The number of rotatable bonds is 5. The van der Waals surface area contributed by atoms with E-state index in [1.165, 1.54) is 0 Å². The van der Waals surface area contributed by atoms with Crippen molar-refractivity contribution in [3.8, 4) is 0 Å². The van der Waals surface area contributed by atoms with Crippen molar-refractivity contribution in [3.05, 3.63) is 63.7 Å². The highest BCUT2D eigenvalue weighted by atomic mass is 16.2. The minimum atomic E-state index is 0.00421. The van der Waals surface area contributed by atoms with Gasteiger partial charge in [0.05, 0.1) is 18.7 Å². The molecule has 1 saturated heterocycles. The first-order valence-corrected chi connectivity index (χ1v) is 11.2. The number of hydrogen-bond acceptors (Lipinski definition) is 4. The van der Waals surface area contributed by atoms with Gasteiger partial charge >= 0.3 is 0 Å². The summed E-state index contributed by atoms with van der Waals surface area (Å²) in [6.45, 7) is 4.53. The topological polar surface area (TPSA) is 63.4 Å². The van der Waals surface area contributed by atoms with E-state index in [1.54, 1.807) is 10.7 Å². The minimum Gasteiger partial charge on any atom is -0.350 e. The maximum absolute atomic E-state index is 12.9. The van der Waals surface area contributed by atoms with Gasteiger partial charge in [-0.1, -0.05) is 18.2 Å². The highest BCUT2D eigenvalue weighted by molar-refractivity contribution is 5.89. The van der Waals surface area contributed by atoms with Crippen molar-refractivity contribution < 1.29 is 4.79 Å². The van der Waals surface area contributed by atoms with E-state index in [4.69, 9.17) is 0 Å². The number of aromatic nitrogens is 3. The van der Waals surface area contributed by atoms with Gasteiger partial charge in [0.25, 0.3) is 5.56 Å². The lowest BCUT2D eigenvalue weighted by Crippen LogP contribution is -2.50. The molecule has 3 aromatic rings. The molecular weight excluding hydrogens is 390 g/mol. The molecule has 1 amide bonds. The number of hydrogen-bond donors (Lipinski definition) is 0. The highest BCUT2D eigenvalue weighted by Gasteiger charge is 2.22. The first-order chi connectivity index (χ1) is 15.1. The van der Waals surface area contributed by atoms with E-state index in [9.17, 15) is 9.59 Å². The quantitative estimate of drug-likeness (QED) is 0.630. The van der Waals surface area contributed by atoms with Crippen molar-refractivity contribution >= 4 is 16.8 Å². The van der Waals surface area contributed by atoms with Gasteiger partial charge in [-0.2, -0.15) is 5.10 Å². The lowest BCUT2D eigenvalue weighted by Gasteiger charge is -2.34. The van der Waals surface area contributed by atoms with Crippen LogP contribution in [-0.4, -0.2) is 62.8 Å². The Morgan fingerprint density at radius 3 is 2.71 bits per heavy atom. The van der Waals surface area contributed by atoms with E-state index in [0.29, 0.717) is 13.0 Å². The molecule has 3 heterocycles. The van der Waals surface area contributed by atoms with Gasteiger partial charge in [0.1, 0.15) is 0 Å². The first kappa shape index (κ1) is 20.0. The number of benzene rings is 1. The summed E-state index contributed by atoms with van der Waals surface area (Å²) in [6, 6.07) is 9.99. The molecule has 1 aromatic carbocycles. The molecule has 162 valence electrons. The van der Waals surface area contributed by atoms with Crippen LogP contribution in [0.4, 0.5) is 0 Å². The predicted octanol–water partition coefficient (Wildman–Crippen LogP) is 1.61. The standard InChI is InChI=1S/C24H29N5O2/c1-26-17-19(20-6-2-3-8-22(20)26)16-23(30)28-12-9-27(10-13-28)11-14-29-24(31)15-18-5-4-7-21(18)25-29/h2-3,6,8,15,17H,4-5,7,9-14,16H2,1H3. The second-order valence-electron chi connectivity index (χ2n) is 8.71. The molecular formula is C24H29N5O2. The van der Waals surface area contributed by atoms with Crippen LogP contribution >= 0.6 is 0 Å². The van der Waals surface area contributed by atoms with Crippen molar-refractivity contribution in [1.29, 1.82) is 0 Å². The van der Waals surface area contributed by atoms with Crippen molar-refractivity contribution in [2.45, 2.75) is 32.2 Å². The number of para-hydroxylation sites is 1. The molecule has 7 heteroatoms. The molecule has 0 bridgehead atoms. The van der Waals surface area contributed by atoms with Crippen LogP contribution in [0.3, 0.4) is 0 Å². The summed E-state index contributed by atoms with van der Waals surface area (Å²) in [4.78, 5) is 29.5. The number of nitrogens with zero attached hydrogens (tertiary/aromatic N) is 5. The molecule has 1 aliphatic heterocycles. The number of fused-ring (bicyclic) bond motifs is 2. The van der Waals surface area contributed by atoms with Crippen LogP contribution in [0, 0.1) is 0 Å². The second kappa shape index (κ2) is 8.30. The largest absolute Gasteiger partial charge is 0.350 e. The van der Waals surface area contributed by atoms with E-state index in [0.717, 1.165) is 79.7 Å². The Hall–Kier alpha value is -2.93. The molecule has 2 aromatic heterocycles. The number of carbonyl (C=O) groups is 1. The summed E-state index contributed by atoms with van der Waals surface area (Å²) in [5.41, 5.74) is 4.46. The summed E-state index contributed by atoms with van der Waals surface area (Å²) < 4.78 is 3.70. The fourth-order valence-corrected chi connectivity index (χ4v) is 4.90. The van der Waals surface area contributed by atoms with Crippen LogP contribution in [0.1, 0.15) is 23.2 Å². The smallest absolute Gasteiger partial charge is 0.267 e. The average molecular weight is 420 g/mol. The third kappa shape index (κ3) is 4.02. The molecule has 1 fully saturated rings. The Morgan fingerprint density at radius 2 is 1.87 bits per heavy atom. The van der Waals surface area contributed by atoms with Crippen LogP contribution in [0.5, 0.6) is 0 Å². The summed E-state index contributed by atoms with van der Waals surface area (Å²) in [6.07, 6.45) is 5.57. The highest BCUT2D eigenvalue weighted by Crippen LogP contribution is 2.21. The maximum Gasteiger partial charge on any atom is 0.267 e. The SMILES string of the molecule is Cn1cc(CC(=O)N2CCN(CCn3nc4c(cc3=O)CCC4)CC2)c2ccccc21. The van der Waals surface area contributed by atoms with Gasteiger partial charge < -0.3 is 9.47 Å². The van der Waals surface area contributed by atoms with E-state index in [-0.39, 0.29) is 11.5 Å². The number of amides is 1. The molecule has 0 saturated carbocycles. The van der Waals surface area contributed by atoms with Gasteiger partial charge in [-0.25, -0.2) is 4.68 Å². The molecule has 2 aliphatic rings. The van der Waals surface area contributed by atoms with Crippen LogP contribution in [-0.2, 0) is 37.6 Å². The van der Waals surface area contributed by atoms with E-state index < -0.39 is 0 Å². The molecule has 0 atom stereocenters. The zero-order chi connectivity index (χ0) is 21.4. The summed E-state index contributed by atoms with van der Waals surface area (Å²) in [5, 5.41) is 5.72. The molecule has 31 heavy (non-hydrogen) atoms. The fourth-order valence-electron chi connectivity index (χ4n) is 4.90. The van der Waals surface area contributed by atoms with Crippen LogP contribution in [0.25, 0.3) is 10.9 Å².